The summed E-state index contributed by atoms with van der Waals surface area (Å²) in [5, 5.41) is 0. The van der Waals surface area contributed by atoms with Crippen molar-refractivity contribution >= 4 is 11.0 Å². The number of aromatic amines is 1. The van der Waals surface area contributed by atoms with E-state index in [1.807, 2.05) is 30.3 Å². The molecule has 108 valence electrons. The highest BCUT2D eigenvalue weighted by Gasteiger charge is 2.03. The van der Waals surface area contributed by atoms with Crippen molar-refractivity contribution in [1.82, 2.24) is 9.97 Å². The average Bonchev–Trinajstić information content (AvgIpc) is 2.91. The smallest absolute Gasteiger partial charge is 0.119 e. The van der Waals surface area contributed by atoms with E-state index in [1.165, 1.54) is 5.56 Å². The lowest BCUT2D eigenvalue weighted by atomic mass is 10.1. The Hall–Kier alpha value is -2.29. The summed E-state index contributed by atoms with van der Waals surface area (Å²) in [6, 6.07) is 16.4. The van der Waals surface area contributed by atoms with Gasteiger partial charge in [0.25, 0.3) is 0 Å². The highest BCUT2D eigenvalue weighted by molar-refractivity contribution is 5.74. The zero-order valence-corrected chi connectivity index (χ0v) is 12.3. The number of hydrogen-bond donors (Lipinski definition) is 1. The predicted molar refractivity (Wildman–Crippen MR) is 85.7 cm³/mol. The van der Waals surface area contributed by atoms with E-state index in [0.29, 0.717) is 0 Å². The fourth-order valence-electron chi connectivity index (χ4n) is 2.32. The van der Waals surface area contributed by atoms with Gasteiger partial charge in [-0.15, -0.1) is 0 Å². The molecule has 1 aromatic heterocycles. The van der Waals surface area contributed by atoms with Crippen LogP contribution >= 0.6 is 0 Å². The van der Waals surface area contributed by atoms with Crippen molar-refractivity contribution in [2.24, 2.45) is 0 Å². The molecule has 3 rings (SSSR count). The highest BCUT2D eigenvalue weighted by atomic mass is 16.5. The maximum absolute atomic E-state index is 5.68. The number of nitrogens with one attached hydrogen (secondary N) is 1. The Morgan fingerprint density at radius 3 is 2.62 bits per heavy atom. The van der Waals surface area contributed by atoms with Gasteiger partial charge in [-0.2, -0.15) is 0 Å². The van der Waals surface area contributed by atoms with Gasteiger partial charge < -0.3 is 9.72 Å². The number of benzene rings is 2. The number of unbranched alkanes of at least 4 members (excludes halogenated alkanes) is 1. The standard InChI is InChI=1S/C18H20N2O/c1-2-3-12-21-15-10-8-14(9-11-15)13-18-19-16-6-4-5-7-17(16)20-18/h4-11H,2-3,12-13H2,1H3,(H,19,20). The molecule has 0 spiro atoms. The Bertz CT molecular complexity index is 668. The van der Waals surface area contributed by atoms with Crippen LogP contribution in [0.5, 0.6) is 5.75 Å². The number of hydrogen-bond acceptors (Lipinski definition) is 2. The second kappa shape index (κ2) is 6.44. The number of ether oxygens (including phenoxy) is 1. The number of nitrogens with zero attached hydrogens (tertiary/aromatic N) is 1. The van der Waals surface area contributed by atoms with Crippen molar-refractivity contribution in [3.63, 3.8) is 0 Å². The van der Waals surface area contributed by atoms with Gasteiger partial charge in [0.05, 0.1) is 17.6 Å². The Kier molecular flexibility index (Phi) is 4.20. The van der Waals surface area contributed by atoms with E-state index in [1.54, 1.807) is 0 Å². The van der Waals surface area contributed by atoms with Crippen LogP contribution in [0.2, 0.25) is 0 Å². The number of aromatic nitrogens is 2. The van der Waals surface area contributed by atoms with Gasteiger partial charge in [-0.05, 0) is 36.2 Å². The maximum Gasteiger partial charge on any atom is 0.119 e. The molecule has 0 bridgehead atoms. The van der Waals surface area contributed by atoms with Gasteiger partial charge in [-0.1, -0.05) is 37.6 Å². The normalized spacial score (nSPS) is 10.9. The van der Waals surface area contributed by atoms with Gasteiger partial charge in [-0.25, -0.2) is 4.98 Å². The Morgan fingerprint density at radius 1 is 1.05 bits per heavy atom. The Morgan fingerprint density at radius 2 is 1.86 bits per heavy atom. The first-order chi connectivity index (χ1) is 10.3. The van der Waals surface area contributed by atoms with E-state index in [-0.39, 0.29) is 0 Å². The van der Waals surface area contributed by atoms with Crippen molar-refractivity contribution in [2.75, 3.05) is 6.61 Å². The van der Waals surface area contributed by atoms with Crippen LogP contribution < -0.4 is 4.74 Å². The minimum Gasteiger partial charge on any atom is -0.494 e. The molecule has 1 heterocycles. The number of para-hydroxylation sites is 2. The van der Waals surface area contributed by atoms with E-state index in [9.17, 15) is 0 Å². The summed E-state index contributed by atoms with van der Waals surface area (Å²) in [6.07, 6.45) is 3.06. The summed E-state index contributed by atoms with van der Waals surface area (Å²) in [4.78, 5) is 7.96. The van der Waals surface area contributed by atoms with Gasteiger partial charge in [0.1, 0.15) is 11.6 Å². The number of fused-ring (bicyclic) bond motifs is 1. The maximum atomic E-state index is 5.68. The third-order valence-corrected chi connectivity index (χ3v) is 3.50. The monoisotopic (exact) mass is 280 g/mol. The van der Waals surface area contributed by atoms with Crippen molar-refractivity contribution in [3.05, 3.63) is 59.9 Å². The molecule has 3 nitrogen and oxygen atoms in total. The molecule has 0 amide bonds. The van der Waals surface area contributed by atoms with Gasteiger partial charge in [0.15, 0.2) is 0 Å². The molecular formula is C18H20N2O. The molecule has 1 N–H and O–H groups in total. The molecule has 0 unspecified atom stereocenters. The fourth-order valence-corrected chi connectivity index (χ4v) is 2.32. The minimum atomic E-state index is 0.791. The molecule has 0 aliphatic carbocycles. The second-order valence-electron chi connectivity index (χ2n) is 5.22. The summed E-state index contributed by atoms with van der Waals surface area (Å²) in [7, 11) is 0. The topological polar surface area (TPSA) is 37.9 Å². The van der Waals surface area contributed by atoms with E-state index < -0.39 is 0 Å². The molecule has 0 saturated heterocycles. The lowest BCUT2D eigenvalue weighted by Crippen LogP contribution is -1.97. The summed E-state index contributed by atoms with van der Waals surface area (Å²) in [5.74, 6) is 1.94. The average molecular weight is 280 g/mol. The van der Waals surface area contributed by atoms with Crippen LogP contribution in [-0.4, -0.2) is 16.6 Å². The SMILES string of the molecule is CCCCOc1ccc(Cc2nc3ccccc3[nH]2)cc1. The van der Waals surface area contributed by atoms with Gasteiger partial charge in [0, 0.05) is 6.42 Å². The molecule has 0 radical (unpaired) electrons. The van der Waals surface area contributed by atoms with Gasteiger partial charge >= 0.3 is 0 Å². The number of imidazole rings is 1. The molecule has 0 aliphatic rings. The first-order valence-corrected chi connectivity index (χ1v) is 7.50. The largest absolute Gasteiger partial charge is 0.494 e. The van der Waals surface area contributed by atoms with E-state index in [4.69, 9.17) is 4.74 Å². The first kappa shape index (κ1) is 13.7. The van der Waals surface area contributed by atoms with E-state index in [2.05, 4.69) is 35.1 Å². The molecule has 0 atom stereocenters. The van der Waals surface area contributed by atoms with Crippen LogP contribution in [-0.2, 0) is 6.42 Å². The molecule has 21 heavy (non-hydrogen) atoms. The van der Waals surface area contributed by atoms with Gasteiger partial charge in [0.2, 0.25) is 0 Å². The molecule has 0 fully saturated rings. The summed E-state index contributed by atoms with van der Waals surface area (Å²) >= 11 is 0. The highest BCUT2D eigenvalue weighted by Crippen LogP contribution is 2.16. The van der Waals surface area contributed by atoms with Crippen LogP contribution in [0.15, 0.2) is 48.5 Å². The van der Waals surface area contributed by atoms with E-state index >= 15 is 0 Å². The van der Waals surface area contributed by atoms with Gasteiger partial charge in [-0.3, -0.25) is 0 Å². The quantitative estimate of drug-likeness (QED) is 0.682. The van der Waals surface area contributed by atoms with Crippen molar-refractivity contribution in [2.45, 2.75) is 26.2 Å². The van der Waals surface area contributed by atoms with Crippen LogP contribution in [0, 0.1) is 0 Å². The first-order valence-electron chi connectivity index (χ1n) is 7.50. The predicted octanol–water partition coefficient (Wildman–Crippen LogP) is 4.33. The molecule has 3 heteroatoms. The lowest BCUT2D eigenvalue weighted by molar-refractivity contribution is 0.309. The third-order valence-electron chi connectivity index (χ3n) is 3.50. The summed E-state index contributed by atoms with van der Waals surface area (Å²) in [5.41, 5.74) is 3.34. The molecule has 2 aromatic carbocycles. The molecule has 0 saturated carbocycles. The third kappa shape index (κ3) is 3.43. The van der Waals surface area contributed by atoms with Crippen LogP contribution in [0.25, 0.3) is 11.0 Å². The summed E-state index contributed by atoms with van der Waals surface area (Å²) in [6.45, 7) is 2.96. The minimum absolute atomic E-state index is 0.791. The molecule has 0 aliphatic heterocycles. The molecule has 3 aromatic rings. The number of H-pyrrole nitrogens is 1. The Labute approximate surface area is 125 Å². The number of rotatable bonds is 6. The van der Waals surface area contributed by atoms with Crippen LogP contribution in [0.1, 0.15) is 31.2 Å². The zero-order valence-electron chi connectivity index (χ0n) is 12.3. The zero-order chi connectivity index (χ0) is 14.5. The van der Waals surface area contributed by atoms with Crippen molar-refractivity contribution in [1.29, 1.82) is 0 Å². The van der Waals surface area contributed by atoms with Crippen molar-refractivity contribution < 1.29 is 4.74 Å². The fraction of sp³-hybridized carbons (Fsp3) is 0.278. The lowest BCUT2D eigenvalue weighted by Gasteiger charge is -2.06. The summed E-state index contributed by atoms with van der Waals surface area (Å²) < 4.78 is 5.68. The molecular weight excluding hydrogens is 260 g/mol. The van der Waals surface area contributed by atoms with Crippen LogP contribution in [0.4, 0.5) is 0 Å². The van der Waals surface area contributed by atoms with Crippen molar-refractivity contribution in [3.8, 4) is 5.75 Å². The second-order valence-corrected chi connectivity index (χ2v) is 5.22. The van der Waals surface area contributed by atoms with Crippen LogP contribution in [0.3, 0.4) is 0 Å². The van der Waals surface area contributed by atoms with E-state index in [0.717, 1.165) is 48.5 Å². The Balaban J connectivity index is 1.67.